The highest BCUT2D eigenvalue weighted by molar-refractivity contribution is 5.39. The highest BCUT2D eigenvalue weighted by Crippen LogP contribution is 2.22. The van der Waals surface area contributed by atoms with Crippen LogP contribution in [0, 0.1) is 13.8 Å². The van der Waals surface area contributed by atoms with E-state index in [0.717, 1.165) is 12.4 Å². The van der Waals surface area contributed by atoms with E-state index < -0.39 is 0 Å². The summed E-state index contributed by atoms with van der Waals surface area (Å²) in [4.78, 5) is 0. The molecular weight excluding hydrogens is 256 g/mol. The Labute approximate surface area is 132 Å². The summed E-state index contributed by atoms with van der Waals surface area (Å²) in [7, 11) is 0. The first-order valence-corrected chi connectivity index (χ1v) is 8.94. The van der Waals surface area contributed by atoms with Crippen LogP contribution in [-0.2, 0) is 0 Å². The summed E-state index contributed by atoms with van der Waals surface area (Å²) in [6, 6.07) is 6.35. The van der Waals surface area contributed by atoms with E-state index >= 15 is 0 Å². The van der Waals surface area contributed by atoms with Crippen LogP contribution in [0.4, 0.5) is 0 Å². The van der Waals surface area contributed by atoms with Crippen molar-refractivity contribution in [3.63, 3.8) is 0 Å². The predicted molar refractivity (Wildman–Crippen MR) is 93.3 cm³/mol. The first-order valence-electron chi connectivity index (χ1n) is 8.94. The average molecular weight is 290 g/mol. The molecule has 0 radical (unpaired) electrons. The zero-order chi connectivity index (χ0) is 15.3. The highest BCUT2D eigenvalue weighted by Gasteiger charge is 2.02. The maximum atomic E-state index is 5.94. The third-order valence-electron chi connectivity index (χ3n) is 4.15. The molecule has 0 atom stereocenters. The Balaban J connectivity index is 1.95. The van der Waals surface area contributed by atoms with Gasteiger partial charge in [-0.25, -0.2) is 0 Å². The first-order chi connectivity index (χ1) is 10.3. The average Bonchev–Trinajstić information content (AvgIpc) is 2.47. The van der Waals surface area contributed by atoms with Crippen molar-refractivity contribution >= 4 is 0 Å². The smallest absolute Gasteiger partial charge is 0.125 e. The highest BCUT2D eigenvalue weighted by atomic mass is 16.5. The number of benzene rings is 1. The number of aryl methyl sites for hydroxylation is 2. The molecule has 1 rings (SSSR count). The van der Waals surface area contributed by atoms with E-state index in [1.54, 1.807) is 0 Å². The predicted octanol–water partition coefficient (Wildman–Crippen LogP) is 6.60. The van der Waals surface area contributed by atoms with E-state index in [1.165, 1.54) is 75.3 Å². The molecule has 0 heterocycles. The molecule has 0 aromatic heterocycles. The van der Waals surface area contributed by atoms with Gasteiger partial charge in [-0.15, -0.1) is 0 Å². The van der Waals surface area contributed by atoms with Crippen molar-refractivity contribution in [2.45, 2.75) is 85.0 Å². The monoisotopic (exact) mass is 290 g/mol. The van der Waals surface area contributed by atoms with E-state index in [0.29, 0.717) is 0 Å². The normalized spacial score (nSPS) is 10.8. The van der Waals surface area contributed by atoms with Gasteiger partial charge in [-0.05, 0) is 31.4 Å². The molecule has 0 aliphatic rings. The Morgan fingerprint density at radius 2 is 1.19 bits per heavy atom. The molecule has 1 aromatic rings. The van der Waals surface area contributed by atoms with Crippen LogP contribution in [0.1, 0.15) is 82.3 Å². The fraction of sp³-hybridized carbons (Fsp3) is 0.700. The number of hydrogen-bond acceptors (Lipinski definition) is 1. The van der Waals surface area contributed by atoms with Gasteiger partial charge in [0.25, 0.3) is 0 Å². The minimum absolute atomic E-state index is 0.863. The Morgan fingerprint density at radius 1 is 0.714 bits per heavy atom. The summed E-state index contributed by atoms with van der Waals surface area (Å²) in [5, 5.41) is 0. The Bertz CT molecular complexity index is 350. The minimum Gasteiger partial charge on any atom is -0.493 e. The SMILES string of the molecule is CCCCCCCCCCCCOc1c(C)cccc1C. The number of ether oxygens (including phenoxy) is 1. The molecule has 0 bridgehead atoms. The van der Waals surface area contributed by atoms with Gasteiger partial charge in [-0.3, -0.25) is 0 Å². The lowest BCUT2D eigenvalue weighted by Crippen LogP contribution is -2.00. The molecule has 0 spiro atoms. The van der Waals surface area contributed by atoms with Crippen molar-refractivity contribution in [1.82, 2.24) is 0 Å². The lowest BCUT2D eigenvalue weighted by molar-refractivity contribution is 0.300. The molecular formula is C20H34O. The molecule has 1 nitrogen and oxygen atoms in total. The van der Waals surface area contributed by atoms with Crippen molar-refractivity contribution in [3.05, 3.63) is 29.3 Å². The van der Waals surface area contributed by atoms with E-state index in [2.05, 4.69) is 39.0 Å². The molecule has 1 aromatic carbocycles. The Morgan fingerprint density at radius 3 is 1.71 bits per heavy atom. The van der Waals surface area contributed by atoms with Gasteiger partial charge in [0.05, 0.1) is 6.61 Å². The van der Waals surface area contributed by atoms with Crippen LogP contribution in [0.2, 0.25) is 0 Å². The second-order valence-corrected chi connectivity index (χ2v) is 6.25. The quantitative estimate of drug-likeness (QED) is 0.394. The third kappa shape index (κ3) is 8.14. The zero-order valence-electron chi connectivity index (χ0n) is 14.4. The molecule has 0 saturated heterocycles. The molecule has 0 N–H and O–H groups in total. The second-order valence-electron chi connectivity index (χ2n) is 6.25. The maximum absolute atomic E-state index is 5.94. The standard InChI is InChI=1S/C20H34O/c1-4-5-6-7-8-9-10-11-12-13-17-21-20-18(2)15-14-16-19(20)3/h14-16H,4-13,17H2,1-3H3. The van der Waals surface area contributed by atoms with Crippen molar-refractivity contribution in [2.75, 3.05) is 6.61 Å². The summed E-state index contributed by atoms with van der Waals surface area (Å²) >= 11 is 0. The van der Waals surface area contributed by atoms with Gasteiger partial charge in [-0.1, -0.05) is 82.9 Å². The van der Waals surface area contributed by atoms with E-state index in [1.807, 2.05) is 0 Å². The summed E-state index contributed by atoms with van der Waals surface area (Å²) in [5.41, 5.74) is 2.50. The van der Waals surface area contributed by atoms with Crippen LogP contribution in [-0.4, -0.2) is 6.61 Å². The van der Waals surface area contributed by atoms with Gasteiger partial charge in [0.1, 0.15) is 5.75 Å². The molecule has 0 aliphatic heterocycles. The number of para-hydroxylation sites is 1. The van der Waals surface area contributed by atoms with Crippen molar-refractivity contribution in [3.8, 4) is 5.75 Å². The summed E-state index contributed by atoms with van der Waals surface area (Å²) in [6.07, 6.45) is 13.7. The minimum atomic E-state index is 0.863. The van der Waals surface area contributed by atoms with Crippen LogP contribution in [0.15, 0.2) is 18.2 Å². The summed E-state index contributed by atoms with van der Waals surface area (Å²) in [6.45, 7) is 7.39. The molecule has 120 valence electrons. The van der Waals surface area contributed by atoms with Gasteiger partial charge in [-0.2, -0.15) is 0 Å². The van der Waals surface area contributed by atoms with Crippen molar-refractivity contribution in [2.24, 2.45) is 0 Å². The van der Waals surface area contributed by atoms with E-state index in [-0.39, 0.29) is 0 Å². The first kappa shape index (κ1) is 18.1. The van der Waals surface area contributed by atoms with Crippen LogP contribution in [0.5, 0.6) is 5.75 Å². The lowest BCUT2D eigenvalue weighted by atomic mass is 10.1. The lowest BCUT2D eigenvalue weighted by Gasteiger charge is -2.11. The fourth-order valence-corrected chi connectivity index (χ4v) is 2.79. The molecule has 0 aliphatic carbocycles. The van der Waals surface area contributed by atoms with Gasteiger partial charge in [0.15, 0.2) is 0 Å². The van der Waals surface area contributed by atoms with Crippen LogP contribution in [0.3, 0.4) is 0 Å². The maximum Gasteiger partial charge on any atom is 0.125 e. The number of unbranched alkanes of at least 4 members (excludes halogenated alkanes) is 9. The summed E-state index contributed by atoms with van der Waals surface area (Å²) in [5.74, 6) is 1.09. The Kier molecular flexibility index (Phi) is 10.0. The van der Waals surface area contributed by atoms with Gasteiger partial charge < -0.3 is 4.74 Å². The molecule has 0 unspecified atom stereocenters. The van der Waals surface area contributed by atoms with E-state index in [9.17, 15) is 0 Å². The second kappa shape index (κ2) is 11.7. The van der Waals surface area contributed by atoms with Crippen molar-refractivity contribution < 1.29 is 4.74 Å². The van der Waals surface area contributed by atoms with Crippen molar-refractivity contribution in [1.29, 1.82) is 0 Å². The molecule has 0 amide bonds. The van der Waals surface area contributed by atoms with Crippen LogP contribution >= 0.6 is 0 Å². The van der Waals surface area contributed by atoms with Crippen LogP contribution in [0.25, 0.3) is 0 Å². The Hall–Kier alpha value is -0.980. The summed E-state index contributed by atoms with van der Waals surface area (Å²) < 4.78 is 5.94. The van der Waals surface area contributed by atoms with Gasteiger partial charge >= 0.3 is 0 Å². The number of hydrogen-bond donors (Lipinski definition) is 0. The number of rotatable bonds is 12. The zero-order valence-corrected chi connectivity index (χ0v) is 14.4. The van der Waals surface area contributed by atoms with Gasteiger partial charge in [0, 0.05) is 0 Å². The third-order valence-corrected chi connectivity index (χ3v) is 4.15. The molecule has 0 fully saturated rings. The van der Waals surface area contributed by atoms with Crippen LogP contribution < -0.4 is 4.74 Å². The molecule has 1 heteroatoms. The topological polar surface area (TPSA) is 9.23 Å². The fourth-order valence-electron chi connectivity index (χ4n) is 2.79. The largest absolute Gasteiger partial charge is 0.493 e. The van der Waals surface area contributed by atoms with Gasteiger partial charge in [0.2, 0.25) is 0 Å². The van der Waals surface area contributed by atoms with E-state index in [4.69, 9.17) is 4.74 Å². The molecule has 0 saturated carbocycles. The molecule has 21 heavy (non-hydrogen) atoms.